The van der Waals surface area contributed by atoms with Gasteiger partial charge in [0.2, 0.25) is 5.82 Å². The van der Waals surface area contributed by atoms with Crippen molar-refractivity contribution in [3.63, 3.8) is 0 Å². The molecule has 1 atom stereocenters. The number of hydrogen-bond acceptors (Lipinski definition) is 2. The molecule has 2 aromatic rings. The summed E-state index contributed by atoms with van der Waals surface area (Å²) in [6, 6.07) is 7.49. The number of halogens is 4. The van der Waals surface area contributed by atoms with E-state index in [4.69, 9.17) is 10.5 Å². The average Bonchev–Trinajstić information content (AvgIpc) is 2.37. The summed E-state index contributed by atoms with van der Waals surface area (Å²) in [6.07, 6.45) is 0. The molecule has 0 aliphatic carbocycles. The van der Waals surface area contributed by atoms with Crippen molar-refractivity contribution in [1.82, 2.24) is 0 Å². The van der Waals surface area contributed by atoms with Gasteiger partial charge in [-0.25, -0.2) is 4.39 Å². The van der Waals surface area contributed by atoms with E-state index >= 15 is 0 Å². The van der Waals surface area contributed by atoms with Gasteiger partial charge < -0.3 is 10.5 Å². The molecule has 0 saturated heterocycles. The molecule has 0 heterocycles. The summed E-state index contributed by atoms with van der Waals surface area (Å²) in [5, 5.41) is 0. The quantitative estimate of drug-likeness (QED) is 0.701. The lowest BCUT2D eigenvalue weighted by atomic mass is 10.1. The van der Waals surface area contributed by atoms with E-state index in [1.54, 1.807) is 18.2 Å². The van der Waals surface area contributed by atoms with Crippen molar-refractivity contribution in [2.24, 2.45) is 5.73 Å². The maximum atomic E-state index is 13.7. The van der Waals surface area contributed by atoms with E-state index in [1.165, 1.54) is 6.07 Å². The molecule has 106 valence electrons. The molecule has 2 N–H and O–H groups in total. The number of benzene rings is 2. The maximum absolute atomic E-state index is 13.7. The van der Waals surface area contributed by atoms with Crippen LogP contribution < -0.4 is 10.5 Å². The van der Waals surface area contributed by atoms with Gasteiger partial charge >= 0.3 is 0 Å². The van der Waals surface area contributed by atoms with Crippen molar-refractivity contribution in [3.8, 4) is 11.5 Å². The standard InChI is InChI=1S/C14H11Br2F2NO/c1-7(19)8-2-3-12(10(16)4-8)20-13-6-9(15)5-11(17)14(13)18/h2-7H,19H2,1H3. The topological polar surface area (TPSA) is 35.2 Å². The molecule has 0 amide bonds. The van der Waals surface area contributed by atoms with E-state index in [-0.39, 0.29) is 11.8 Å². The van der Waals surface area contributed by atoms with Gasteiger partial charge in [0.15, 0.2) is 11.6 Å². The minimum atomic E-state index is -1.03. The lowest BCUT2D eigenvalue weighted by Gasteiger charge is -2.12. The van der Waals surface area contributed by atoms with Gasteiger partial charge in [0.25, 0.3) is 0 Å². The van der Waals surface area contributed by atoms with Gasteiger partial charge in [0.05, 0.1) is 4.47 Å². The second-order valence-electron chi connectivity index (χ2n) is 4.28. The number of rotatable bonds is 3. The van der Waals surface area contributed by atoms with Gasteiger partial charge in [0, 0.05) is 10.5 Å². The zero-order chi connectivity index (χ0) is 14.9. The molecule has 2 aromatic carbocycles. The fourth-order valence-electron chi connectivity index (χ4n) is 1.61. The van der Waals surface area contributed by atoms with Crippen molar-refractivity contribution in [3.05, 3.63) is 56.5 Å². The molecule has 20 heavy (non-hydrogen) atoms. The molecular weight excluding hydrogens is 396 g/mol. The monoisotopic (exact) mass is 405 g/mol. The Morgan fingerprint density at radius 2 is 1.80 bits per heavy atom. The molecule has 0 saturated carbocycles. The summed E-state index contributed by atoms with van der Waals surface area (Å²) in [6.45, 7) is 1.85. The van der Waals surface area contributed by atoms with Gasteiger partial charge in [-0.1, -0.05) is 22.0 Å². The van der Waals surface area contributed by atoms with Crippen LogP contribution in [0.4, 0.5) is 8.78 Å². The van der Waals surface area contributed by atoms with Crippen LogP contribution in [0.5, 0.6) is 11.5 Å². The highest BCUT2D eigenvalue weighted by Gasteiger charge is 2.14. The lowest BCUT2D eigenvalue weighted by Crippen LogP contribution is -2.04. The van der Waals surface area contributed by atoms with Gasteiger partial charge in [-0.15, -0.1) is 0 Å². The van der Waals surface area contributed by atoms with E-state index in [9.17, 15) is 8.78 Å². The smallest absolute Gasteiger partial charge is 0.201 e. The summed E-state index contributed by atoms with van der Waals surface area (Å²) < 4.78 is 33.4. The third kappa shape index (κ3) is 3.37. The molecule has 0 aliphatic rings. The van der Waals surface area contributed by atoms with Crippen LogP contribution in [0.15, 0.2) is 39.3 Å². The fraction of sp³-hybridized carbons (Fsp3) is 0.143. The predicted molar refractivity (Wildman–Crippen MR) is 80.9 cm³/mol. The summed E-state index contributed by atoms with van der Waals surface area (Å²) in [4.78, 5) is 0. The molecule has 0 radical (unpaired) electrons. The first-order chi connectivity index (χ1) is 9.38. The lowest BCUT2D eigenvalue weighted by molar-refractivity contribution is 0.413. The van der Waals surface area contributed by atoms with Crippen LogP contribution in [0.1, 0.15) is 18.5 Å². The summed E-state index contributed by atoms with van der Waals surface area (Å²) in [5.74, 6) is -1.81. The molecule has 0 aliphatic heterocycles. The van der Waals surface area contributed by atoms with Crippen LogP contribution in [0.25, 0.3) is 0 Å². The summed E-state index contributed by atoms with van der Waals surface area (Å²) in [7, 11) is 0. The molecule has 0 fully saturated rings. The molecule has 2 nitrogen and oxygen atoms in total. The van der Waals surface area contributed by atoms with Gasteiger partial charge in [0.1, 0.15) is 5.75 Å². The Bertz CT molecular complexity index is 647. The Morgan fingerprint density at radius 3 is 2.40 bits per heavy atom. The van der Waals surface area contributed by atoms with E-state index in [2.05, 4.69) is 31.9 Å². The van der Waals surface area contributed by atoms with Crippen LogP contribution in [-0.2, 0) is 0 Å². The first-order valence-electron chi connectivity index (χ1n) is 5.76. The minimum absolute atomic E-state index is 0.125. The van der Waals surface area contributed by atoms with Gasteiger partial charge in [-0.05, 0) is 52.7 Å². The Labute approximate surface area is 132 Å². The average molecular weight is 407 g/mol. The van der Waals surface area contributed by atoms with Crippen molar-refractivity contribution in [2.45, 2.75) is 13.0 Å². The van der Waals surface area contributed by atoms with Gasteiger partial charge in [-0.2, -0.15) is 4.39 Å². The molecule has 0 aromatic heterocycles. The summed E-state index contributed by atoms with van der Waals surface area (Å²) in [5.41, 5.74) is 6.68. The first-order valence-corrected chi connectivity index (χ1v) is 7.34. The normalized spacial score (nSPS) is 12.3. The molecule has 2 rings (SSSR count). The van der Waals surface area contributed by atoms with Crippen molar-refractivity contribution in [1.29, 1.82) is 0 Å². The molecule has 0 spiro atoms. The van der Waals surface area contributed by atoms with E-state index < -0.39 is 11.6 Å². The third-order valence-electron chi connectivity index (χ3n) is 2.66. The number of nitrogens with two attached hydrogens (primary N) is 1. The van der Waals surface area contributed by atoms with Crippen molar-refractivity contribution >= 4 is 31.9 Å². The highest BCUT2D eigenvalue weighted by atomic mass is 79.9. The second kappa shape index (κ2) is 6.20. The molecule has 0 bridgehead atoms. The van der Waals surface area contributed by atoms with E-state index in [1.807, 2.05) is 6.92 Å². The summed E-state index contributed by atoms with van der Waals surface area (Å²) >= 11 is 6.42. The minimum Gasteiger partial charge on any atom is -0.453 e. The van der Waals surface area contributed by atoms with E-state index in [0.29, 0.717) is 14.7 Å². The van der Waals surface area contributed by atoms with Crippen LogP contribution in [0.3, 0.4) is 0 Å². The predicted octanol–water partition coefficient (Wildman–Crippen LogP) is 5.30. The highest BCUT2D eigenvalue weighted by Crippen LogP contribution is 2.34. The SMILES string of the molecule is CC(N)c1ccc(Oc2cc(Br)cc(F)c2F)c(Br)c1. The van der Waals surface area contributed by atoms with Crippen LogP contribution in [0, 0.1) is 11.6 Å². The third-order valence-corrected chi connectivity index (χ3v) is 3.74. The van der Waals surface area contributed by atoms with Crippen molar-refractivity contribution in [2.75, 3.05) is 0 Å². The Kier molecular flexibility index (Phi) is 4.78. The Hall–Kier alpha value is -0.980. The number of ether oxygens (including phenoxy) is 1. The first kappa shape index (κ1) is 15.4. The van der Waals surface area contributed by atoms with E-state index in [0.717, 1.165) is 11.6 Å². The fourth-order valence-corrected chi connectivity index (χ4v) is 2.49. The molecule has 6 heteroatoms. The maximum Gasteiger partial charge on any atom is 0.201 e. The van der Waals surface area contributed by atoms with Crippen LogP contribution in [-0.4, -0.2) is 0 Å². The Balaban J connectivity index is 2.35. The molecular formula is C14H11Br2F2NO. The highest BCUT2D eigenvalue weighted by molar-refractivity contribution is 9.10. The zero-order valence-corrected chi connectivity index (χ0v) is 13.6. The molecule has 1 unspecified atom stereocenters. The van der Waals surface area contributed by atoms with Crippen molar-refractivity contribution < 1.29 is 13.5 Å². The van der Waals surface area contributed by atoms with Gasteiger partial charge in [-0.3, -0.25) is 0 Å². The largest absolute Gasteiger partial charge is 0.453 e. The number of hydrogen-bond donors (Lipinski definition) is 1. The zero-order valence-electron chi connectivity index (χ0n) is 10.5. The Morgan fingerprint density at radius 1 is 1.10 bits per heavy atom. The second-order valence-corrected chi connectivity index (χ2v) is 6.05. The van der Waals surface area contributed by atoms with Crippen LogP contribution >= 0.6 is 31.9 Å². The van der Waals surface area contributed by atoms with Crippen LogP contribution in [0.2, 0.25) is 0 Å².